The van der Waals surface area contributed by atoms with Crippen LogP contribution in [0.3, 0.4) is 0 Å². The lowest BCUT2D eigenvalue weighted by molar-refractivity contribution is 0.0621. The number of ether oxygens (including phenoxy) is 1. The third-order valence-corrected chi connectivity index (χ3v) is 4.42. The smallest absolute Gasteiger partial charge is 0.272 e. The molecule has 24 heavy (non-hydrogen) atoms. The number of halogens is 1. The van der Waals surface area contributed by atoms with E-state index in [1.807, 2.05) is 35.2 Å². The normalized spacial score (nSPS) is 15.3. The maximum Gasteiger partial charge on any atom is 0.272 e. The maximum absolute atomic E-state index is 12.4. The number of hydrogen-bond donors (Lipinski definition) is 0. The summed E-state index contributed by atoms with van der Waals surface area (Å²) in [6.45, 7) is 3.77. The fourth-order valence-electron chi connectivity index (χ4n) is 2.87. The first-order valence-electron chi connectivity index (χ1n) is 7.92. The quantitative estimate of drug-likeness (QED) is 0.854. The number of methoxy groups -OCH3 is 1. The Morgan fingerprint density at radius 3 is 2.67 bits per heavy atom. The Morgan fingerprint density at radius 2 is 2.00 bits per heavy atom. The van der Waals surface area contributed by atoms with Gasteiger partial charge in [0.05, 0.1) is 7.11 Å². The molecule has 0 saturated carbocycles. The van der Waals surface area contributed by atoms with Crippen LogP contribution in [0.25, 0.3) is 0 Å². The number of amides is 1. The summed E-state index contributed by atoms with van der Waals surface area (Å²) in [5.41, 5.74) is 1.57. The summed E-state index contributed by atoms with van der Waals surface area (Å²) >= 11 is 6.09. The van der Waals surface area contributed by atoms with E-state index < -0.39 is 0 Å². The van der Waals surface area contributed by atoms with Gasteiger partial charge in [0, 0.05) is 49.5 Å². The van der Waals surface area contributed by atoms with Gasteiger partial charge >= 0.3 is 0 Å². The lowest BCUT2D eigenvalue weighted by Crippen LogP contribution is -2.48. The zero-order valence-electron chi connectivity index (χ0n) is 13.6. The summed E-state index contributed by atoms with van der Waals surface area (Å²) in [4.78, 5) is 20.7. The van der Waals surface area contributed by atoms with Crippen LogP contribution < -0.4 is 4.74 Å². The second kappa shape index (κ2) is 7.64. The van der Waals surface area contributed by atoms with Gasteiger partial charge in [-0.3, -0.25) is 14.7 Å². The third kappa shape index (κ3) is 3.86. The van der Waals surface area contributed by atoms with E-state index in [0.29, 0.717) is 23.8 Å². The molecule has 0 atom stereocenters. The molecule has 1 aromatic heterocycles. The number of carbonyl (C=O) groups is 1. The van der Waals surface area contributed by atoms with E-state index in [4.69, 9.17) is 16.3 Å². The Labute approximate surface area is 146 Å². The number of hydrogen-bond acceptors (Lipinski definition) is 4. The van der Waals surface area contributed by atoms with Crippen LogP contribution in [-0.4, -0.2) is 54.0 Å². The van der Waals surface area contributed by atoms with Crippen molar-refractivity contribution in [2.75, 3.05) is 33.3 Å². The van der Waals surface area contributed by atoms with Crippen LogP contribution in [0.1, 0.15) is 16.1 Å². The molecule has 0 bridgehead atoms. The average molecular weight is 346 g/mol. The molecule has 2 aromatic rings. The van der Waals surface area contributed by atoms with E-state index in [2.05, 4.69) is 9.88 Å². The highest BCUT2D eigenvalue weighted by molar-refractivity contribution is 6.30. The van der Waals surface area contributed by atoms with Crippen LogP contribution in [0.2, 0.25) is 5.02 Å². The minimum atomic E-state index is -0.00409. The number of nitrogens with zero attached hydrogens (tertiary/aromatic N) is 3. The predicted molar refractivity (Wildman–Crippen MR) is 93.4 cm³/mol. The molecule has 3 rings (SSSR count). The number of aromatic nitrogens is 1. The highest BCUT2D eigenvalue weighted by Gasteiger charge is 2.23. The minimum absolute atomic E-state index is 0.00409. The molecule has 1 aromatic carbocycles. The van der Waals surface area contributed by atoms with Crippen molar-refractivity contribution in [1.29, 1.82) is 0 Å². The number of piperazine rings is 1. The zero-order chi connectivity index (χ0) is 16.9. The summed E-state index contributed by atoms with van der Waals surface area (Å²) in [5.74, 6) is 0.835. The van der Waals surface area contributed by atoms with Crippen LogP contribution in [-0.2, 0) is 6.54 Å². The molecular formula is C18H20ClN3O2. The highest BCUT2D eigenvalue weighted by Crippen LogP contribution is 2.24. The summed E-state index contributed by atoms with van der Waals surface area (Å²) < 4.78 is 5.40. The minimum Gasteiger partial charge on any atom is -0.496 e. The number of rotatable bonds is 4. The first-order chi connectivity index (χ1) is 11.7. The van der Waals surface area contributed by atoms with Gasteiger partial charge in [0.15, 0.2) is 0 Å². The van der Waals surface area contributed by atoms with Crippen molar-refractivity contribution < 1.29 is 9.53 Å². The lowest BCUT2D eigenvalue weighted by atomic mass is 10.1. The van der Waals surface area contributed by atoms with Crippen LogP contribution >= 0.6 is 11.6 Å². The van der Waals surface area contributed by atoms with Crippen LogP contribution in [0.5, 0.6) is 5.75 Å². The van der Waals surface area contributed by atoms with E-state index in [0.717, 1.165) is 30.9 Å². The lowest BCUT2D eigenvalue weighted by Gasteiger charge is -2.34. The summed E-state index contributed by atoms with van der Waals surface area (Å²) in [5, 5.41) is 0.703. The monoisotopic (exact) mass is 345 g/mol. The molecule has 0 radical (unpaired) electrons. The molecular weight excluding hydrogens is 326 g/mol. The number of pyridine rings is 1. The first kappa shape index (κ1) is 16.7. The Kier molecular flexibility index (Phi) is 5.33. The van der Waals surface area contributed by atoms with Gasteiger partial charge in [-0.2, -0.15) is 0 Å². The van der Waals surface area contributed by atoms with Gasteiger partial charge in [0.1, 0.15) is 11.4 Å². The third-order valence-electron chi connectivity index (χ3n) is 4.18. The van der Waals surface area contributed by atoms with Crippen LogP contribution in [0, 0.1) is 0 Å². The van der Waals surface area contributed by atoms with Gasteiger partial charge in [-0.25, -0.2) is 0 Å². The summed E-state index contributed by atoms with van der Waals surface area (Å²) in [7, 11) is 1.66. The highest BCUT2D eigenvalue weighted by atomic mass is 35.5. The molecule has 1 fully saturated rings. The van der Waals surface area contributed by atoms with E-state index in [1.165, 1.54) is 0 Å². The van der Waals surface area contributed by atoms with Crippen molar-refractivity contribution in [1.82, 2.24) is 14.8 Å². The predicted octanol–water partition coefficient (Wildman–Crippen LogP) is 2.70. The summed E-state index contributed by atoms with van der Waals surface area (Å²) in [6, 6.07) is 11.1. The molecule has 5 nitrogen and oxygen atoms in total. The van der Waals surface area contributed by atoms with Crippen LogP contribution in [0.15, 0.2) is 42.6 Å². The fourth-order valence-corrected chi connectivity index (χ4v) is 3.07. The maximum atomic E-state index is 12.4. The van der Waals surface area contributed by atoms with Crippen molar-refractivity contribution in [2.45, 2.75) is 6.54 Å². The molecule has 0 N–H and O–H groups in total. The van der Waals surface area contributed by atoms with E-state index in [1.54, 1.807) is 19.4 Å². The Morgan fingerprint density at radius 1 is 1.21 bits per heavy atom. The molecule has 1 aliphatic heterocycles. The molecule has 1 aliphatic rings. The first-order valence-corrected chi connectivity index (χ1v) is 8.30. The van der Waals surface area contributed by atoms with Gasteiger partial charge in [0.2, 0.25) is 0 Å². The summed E-state index contributed by atoms with van der Waals surface area (Å²) in [6.07, 6.45) is 1.65. The van der Waals surface area contributed by atoms with Crippen molar-refractivity contribution in [3.63, 3.8) is 0 Å². The largest absolute Gasteiger partial charge is 0.496 e. The van der Waals surface area contributed by atoms with E-state index in [-0.39, 0.29) is 5.91 Å². The SMILES string of the molecule is COc1ccc(Cl)cc1CN1CCN(C(=O)c2ccccn2)CC1. The molecule has 0 spiro atoms. The molecule has 1 amide bonds. The number of benzene rings is 1. The molecule has 0 aliphatic carbocycles. The Balaban J connectivity index is 1.60. The Bertz CT molecular complexity index is 701. The molecule has 6 heteroatoms. The van der Waals surface area contributed by atoms with Gasteiger partial charge in [-0.15, -0.1) is 0 Å². The zero-order valence-corrected chi connectivity index (χ0v) is 14.4. The second-order valence-electron chi connectivity index (χ2n) is 5.74. The van der Waals surface area contributed by atoms with Gasteiger partial charge in [0.25, 0.3) is 5.91 Å². The van der Waals surface area contributed by atoms with Crippen molar-refractivity contribution in [3.05, 3.63) is 58.9 Å². The standard InChI is InChI=1S/C18H20ClN3O2/c1-24-17-6-5-15(19)12-14(17)13-21-8-10-22(11-9-21)18(23)16-4-2-3-7-20-16/h2-7,12H,8-11,13H2,1H3. The molecule has 2 heterocycles. The number of carbonyl (C=O) groups excluding carboxylic acids is 1. The second-order valence-corrected chi connectivity index (χ2v) is 6.18. The molecule has 126 valence electrons. The molecule has 0 unspecified atom stereocenters. The van der Waals surface area contributed by atoms with Crippen molar-refractivity contribution in [2.24, 2.45) is 0 Å². The fraction of sp³-hybridized carbons (Fsp3) is 0.333. The van der Waals surface area contributed by atoms with Gasteiger partial charge in [-0.1, -0.05) is 17.7 Å². The van der Waals surface area contributed by atoms with E-state index in [9.17, 15) is 4.79 Å². The van der Waals surface area contributed by atoms with E-state index >= 15 is 0 Å². The van der Waals surface area contributed by atoms with Gasteiger partial charge < -0.3 is 9.64 Å². The van der Waals surface area contributed by atoms with Crippen molar-refractivity contribution >= 4 is 17.5 Å². The van der Waals surface area contributed by atoms with Crippen LogP contribution in [0.4, 0.5) is 0 Å². The molecule has 1 saturated heterocycles. The topological polar surface area (TPSA) is 45.7 Å². The average Bonchev–Trinajstić information content (AvgIpc) is 2.63. The van der Waals surface area contributed by atoms with Gasteiger partial charge in [-0.05, 0) is 30.3 Å². The Hall–Kier alpha value is -2.11. The van der Waals surface area contributed by atoms with Crippen molar-refractivity contribution in [3.8, 4) is 5.75 Å².